The third kappa shape index (κ3) is 5.05. The van der Waals surface area contributed by atoms with E-state index in [9.17, 15) is 4.79 Å². The van der Waals surface area contributed by atoms with Crippen LogP contribution in [0, 0.1) is 0 Å². The Hall–Kier alpha value is -2.43. The van der Waals surface area contributed by atoms with Crippen molar-refractivity contribution in [3.05, 3.63) is 53.7 Å². The molecule has 5 heteroatoms. The van der Waals surface area contributed by atoms with Crippen molar-refractivity contribution in [1.82, 2.24) is 15.1 Å². The number of benzene rings is 1. The lowest BCUT2D eigenvalue weighted by Gasteiger charge is -2.26. The van der Waals surface area contributed by atoms with Crippen LogP contribution in [0.1, 0.15) is 50.7 Å². The maximum atomic E-state index is 12.8. The van der Waals surface area contributed by atoms with Crippen molar-refractivity contribution in [2.24, 2.45) is 0 Å². The first-order valence-corrected chi connectivity index (χ1v) is 8.23. The molecule has 1 aromatic heterocycles. The zero-order chi connectivity index (χ0) is 17.7. The molecule has 0 aliphatic heterocycles. The fraction of sp³-hybridized carbons (Fsp3) is 0.421. The lowest BCUT2D eigenvalue weighted by molar-refractivity contribution is 0.0683. The van der Waals surface area contributed by atoms with Gasteiger partial charge in [0.05, 0.1) is 0 Å². The molecule has 0 spiro atoms. The molecule has 1 aromatic carbocycles. The Morgan fingerprint density at radius 3 is 2.25 bits per heavy atom. The smallest absolute Gasteiger partial charge is 0.274 e. The molecule has 0 radical (unpaired) electrons. The SMILES string of the molecule is CC(C)N(Cc1ccccc1)C(=O)c1ccc(NC(C)(C)C)nn1. The van der Waals surface area contributed by atoms with Crippen molar-refractivity contribution in [3.63, 3.8) is 0 Å². The Labute approximate surface area is 144 Å². The van der Waals surface area contributed by atoms with Gasteiger partial charge in [0.25, 0.3) is 5.91 Å². The van der Waals surface area contributed by atoms with Gasteiger partial charge < -0.3 is 10.2 Å². The first-order valence-electron chi connectivity index (χ1n) is 8.23. The van der Waals surface area contributed by atoms with E-state index in [0.717, 1.165) is 5.56 Å². The monoisotopic (exact) mass is 326 g/mol. The van der Waals surface area contributed by atoms with Crippen LogP contribution in [0.5, 0.6) is 0 Å². The molecule has 1 heterocycles. The predicted octanol–water partition coefficient (Wildman–Crippen LogP) is 3.74. The van der Waals surface area contributed by atoms with E-state index in [0.29, 0.717) is 18.1 Å². The minimum atomic E-state index is -0.108. The molecule has 2 aromatic rings. The fourth-order valence-electron chi connectivity index (χ4n) is 2.31. The molecule has 0 saturated heterocycles. The molecule has 0 bridgehead atoms. The summed E-state index contributed by atoms with van der Waals surface area (Å²) < 4.78 is 0. The van der Waals surface area contributed by atoms with Crippen LogP contribution in [0.4, 0.5) is 5.82 Å². The number of hydrogen-bond acceptors (Lipinski definition) is 4. The lowest BCUT2D eigenvalue weighted by atomic mass is 10.1. The van der Waals surface area contributed by atoms with Gasteiger partial charge in [-0.25, -0.2) is 0 Å². The molecule has 0 aliphatic rings. The van der Waals surface area contributed by atoms with E-state index in [1.165, 1.54) is 0 Å². The van der Waals surface area contributed by atoms with Gasteiger partial charge in [-0.3, -0.25) is 4.79 Å². The fourth-order valence-corrected chi connectivity index (χ4v) is 2.31. The molecule has 2 rings (SSSR count). The minimum Gasteiger partial charge on any atom is -0.364 e. The summed E-state index contributed by atoms with van der Waals surface area (Å²) in [5.74, 6) is 0.557. The van der Waals surface area contributed by atoms with Crippen molar-refractivity contribution in [2.75, 3.05) is 5.32 Å². The molecule has 24 heavy (non-hydrogen) atoms. The molecular formula is C19H26N4O. The maximum Gasteiger partial charge on any atom is 0.274 e. The first-order chi connectivity index (χ1) is 11.3. The number of nitrogens with one attached hydrogen (secondary N) is 1. The van der Waals surface area contributed by atoms with E-state index in [1.54, 1.807) is 17.0 Å². The second kappa shape index (κ2) is 7.43. The van der Waals surface area contributed by atoms with E-state index < -0.39 is 0 Å². The van der Waals surface area contributed by atoms with Gasteiger partial charge in [-0.1, -0.05) is 30.3 Å². The van der Waals surface area contributed by atoms with Crippen LogP contribution in [-0.4, -0.2) is 32.6 Å². The molecule has 0 saturated carbocycles. The second-order valence-corrected chi connectivity index (χ2v) is 7.19. The van der Waals surface area contributed by atoms with Crippen LogP contribution in [0.25, 0.3) is 0 Å². The molecule has 128 valence electrons. The summed E-state index contributed by atoms with van der Waals surface area (Å²) in [7, 11) is 0. The summed E-state index contributed by atoms with van der Waals surface area (Å²) in [6.07, 6.45) is 0. The summed E-state index contributed by atoms with van der Waals surface area (Å²) in [4.78, 5) is 14.6. The van der Waals surface area contributed by atoms with Crippen molar-refractivity contribution in [3.8, 4) is 0 Å². The number of nitrogens with zero attached hydrogens (tertiary/aromatic N) is 3. The van der Waals surface area contributed by atoms with Crippen LogP contribution in [0.3, 0.4) is 0 Å². The number of carbonyl (C=O) groups is 1. The normalized spacial score (nSPS) is 11.4. The van der Waals surface area contributed by atoms with Crippen molar-refractivity contribution >= 4 is 11.7 Å². The molecular weight excluding hydrogens is 300 g/mol. The van der Waals surface area contributed by atoms with Crippen LogP contribution in [0.2, 0.25) is 0 Å². The van der Waals surface area contributed by atoms with E-state index in [-0.39, 0.29) is 17.5 Å². The topological polar surface area (TPSA) is 58.1 Å². The molecule has 0 atom stereocenters. The Bertz CT molecular complexity index is 660. The largest absolute Gasteiger partial charge is 0.364 e. The van der Waals surface area contributed by atoms with Gasteiger partial charge >= 0.3 is 0 Å². The lowest BCUT2D eigenvalue weighted by Crippen LogP contribution is -2.37. The van der Waals surface area contributed by atoms with Crippen LogP contribution in [0.15, 0.2) is 42.5 Å². The first kappa shape index (κ1) is 17.9. The zero-order valence-electron chi connectivity index (χ0n) is 15.1. The summed E-state index contributed by atoms with van der Waals surface area (Å²) in [6, 6.07) is 13.6. The van der Waals surface area contributed by atoms with Crippen molar-refractivity contribution in [2.45, 2.75) is 52.7 Å². The standard InChI is InChI=1S/C19H26N4O/c1-14(2)23(13-15-9-7-6-8-10-15)18(24)16-11-12-17(22-21-16)20-19(3,4)5/h6-12,14H,13H2,1-5H3,(H,20,22). The predicted molar refractivity (Wildman–Crippen MR) is 96.9 cm³/mol. The average Bonchev–Trinajstić information content (AvgIpc) is 2.52. The van der Waals surface area contributed by atoms with Gasteiger partial charge in [0.1, 0.15) is 5.82 Å². The summed E-state index contributed by atoms with van der Waals surface area (Å²) in [6.45, 7) is 10.7. The highest BCUT2D eigenvalue weighted by Crippen LogP contribution is 2.14. The number of anilines is 1. The number of aromatic nitrogens is 2. The van der Waals surface area contributed by atoms with Gasteiger partial charge in [0.2, 0.25) is 0 Å². The number of amides is 1. The molecule has 5 nitrogen and oxygen atoms in total. The molecule has 0 unspecified atom stereocenters. The molecule has 1 amide bonds. The van der Waals surface area contributed by atoms with E-state index in [2.05, 4.69) is 15.5 Å². The maximum absolute atomic E-state index is 12.8. The van der Waals surface area contributed by atoms with Crippen LogP contribution in [-0.2, 0) is 6.54 Å². The van der Waals surface area contributed by atoms with Crippen LogP contribution < -0.4 is 5.32 Å². The highest BCUT2D eigenvalue weighted by atomic mass is 16.2. The Balaban J connectivity index is 2.15. The number of rotatable bonds is 5. The highest BCUT2D eigenvalue weighted by Gasteiger charge is 2.21. The Morgan fingerprint density at radius 2 is 1.75 bits per heavy atom. The Morgan fingerprint density at radius 1 is 1.08 bits per heavy atom. The number of carbonyl (C=O) groups excluding carboxylic acids is 1. The van der Waals surface area contributed by atoms with Crippen molar-refractivity contribution in [1.29, 1.82) is 0 Å². The van der Waals surface area contributed by atoms with Gasteiger partial charge in [-0.15, -0.1) is 10.2 Å². The summed E-state index contributed by atoms with van der Waals surface area (Å²) in [5.41, 5.74) is 1.36. The van der Waals surface area contributed by atoms with Crippen LogP contribution >= 0.6 is 0 Å². The molecule has 0 aliphatic carbocycles. The minimum absolute atomic E-state index is 0.0758. The van der Waals surface area contributed by atoms with E-state index in [4.69, 9.17) is 0 Å². The summed E-state index contributed by atoms with van der Waals surface area (Å²) >= 11 is 0. The quantitative estimate of drug-likeness (QED) is 0.909. The third-order valence-corrected chi connectivity index (χ3v) is 3.47. The third-order valence-electron chi connectivity index (χ3n) is 3.47. The van der Waals surface area contributed by atoms with E-state index >= 15 is 0 Å². The summed E-state index contributed by atoms with van der Waals surface area (Å²) in [5, 5.41) is 11.5. The Kier molecular flexibility index (Phi) is 5.54. The molecule has 0 fully saturated rings. The van der Waals surface area contributed by atoms with Gasteiger partial charge in [0, 0.05) is 18.1 Å². The molecule has 1 N–H and O–H groups in total. The van der Waals surface area contributed by atoms with Gasteiger partial charge in [-0.2, -0.15) is 0 Å². The highest BCUT2D eigenvalue weighted by molar-refractivity contribution is 5.92. The average molecular weight is 326 g/mol. The second-order valence-electron chi connectivity index (χ2n) is 7.19. The van der Waals surface area contributed by atoms with Gasteiger partial charge in [-0.05, 0) is 52.3 Å². The van der Waals surface area contributed by atoms with E-state index in [1.807, 2.05) is 65.0 Å². The zero-order valence-corrected chi connectivity index (χ0v) is 15.1. The number of hydrogen-bond donors (Lipinski definition) is 1. The van der Waals surface area contributed by atoms with Gasteiger partial charge in [0.15, 0.2) is 5.69 Å². The van der Waals surface area contributed by atoms with Crippen molar-refractivity contribution < 1.29 is 4.79 Å².